The third-order valence-electron chi connectivity index (χ3n) is 6.32. The Kier molecular flexibility index (Phi) is 6.77. The predicted octanol–water partition coefficient (Wildman–Crippen LogP) is 4.27. The molecule has 1 aromatic heterocycles. The fraction of sp³-hybridized carbons (Fsp3) is 0.520. The number of nitrogens with one attached hydrogen (secondary N) is 1. The maximum absolute atomic E-state index is 13.3. The van der Waals surface area contributed by atoms with Gasteiger partial charge in [-0.2, -0.15) is 0 Å². The third-order valence-corrected chi connectivity index (χ3v) is 7.24. The second-order valence-electron chi connectivity index (χ2n) is 9.12. The minimum atomic E-state index is -0.598. The van der Waals surface area contributed by atoms with Crippen molar-refractivity contribution in [2.75, 3.05) is 19.7 Å². The Labute approximate surface area is 188 Å². The molecule has 2 aliphatic rings. The van der Waals surface area contributed by atoms with E-state index in [0.29, 0.717) is 32.5 Å². The van der Waals surface area contributed by atoms with Crippen LogP contribution in [0.15, 0.2) is 41.8 Å². The summed E-state index contributed by atoms with van der Waals surface area (Å²) in [5.74, 6) is 0.0941. The van der Waals surface area contributed by atoms with Crippen LogP contribution in [0.3, 0.4) is 0 Å². The zero-order chi connectivity index (χ0) is 21.8. The Morgan fingerprint density at radius 1 is 1.23 bits per heavy atom. The second-order valence-corrected chi connectivity index (χ2v) is 10.1. The third kappa shape index (κ3) is 5.01. The van der Waals surface area contributed by atoms with E-state index in [1.807, 2.05) is 18.7 Å². The summed E-state index contributed by atoms with van der Waals surface area (Å²) in [6, 6.07) is 12.7. The van der Waals surface area contributed by atoms with Crippen LogP contribution >= 0.6 is 11.3 Å². The maximum atomic E-state index is 13.3. The Hall–Kier alpha value is -2.18. The molecule has 2 atom stereocenters. The molecule has 5 nitrogen and oxygen atoms in total. The van der Waals surface area contributed by atoms with Crippen molar-refractivity contribution in [1.82, 2.24) is 10.2 Å². The Bertz CT molecular complexity index is 888. The minimum absolute atomic E-state index is 0.0460. The van der Waals surface area contributed by atoms with Crippen molar-refractivity contribution in [3.8, 4) is 10.4 Å². The van der Waals surface area contributed by atoms with Gasteiger partial charge in [-0.05, 0) is 68.5 Å². The minimum Gasteiger partial charge on any atom is -0.368 e. The van der Waals surface area contributed by atoms with Crippen molar-refractivity contribution >= 4 is 23.2 Å². The average molecular weight is 441 g/mol. The lowest BCUT2D eigenvalue weighted by Gasteiger charge is -2.31. The van der Waals surface area contributed by atoms with E-state index in [2.05, 4.69) is 47.1 Å². The van der Waals surface area contributed by atoms with E-state index in [0.717, 1.165) is 24.8 Å². The summed E-state index contributed by atoms with van der Waals surface area (Å²) in [4.78, 5) is 29.4. The van der Waals surface area contributed by atoms with Crippen molar-refractivity contribution in [2.45, 2.75) is 58.1 Å². The molecule has 4 rings (SSSR count). The lowest BCUT2D eigenvalue weighted by Crippen LogP contribution is -2.48. The first-order valence-corrected chi connectivity index (χ1v) is 12.2. The van der Waals surface area contributed by atoms with Crippen LogP contribution in [0.4, 0.5) is 0 Å². The molecule has 0 bridgehead atoms. The molecule has 6 heteroatoms. The zero-order valence-corrected chi connectivity index (χ0v) is 19.2. The van der Waals surface area contributed by atoms with Crippen LogP contribution in [0.2, 0.25) is 0 Å². The van der Waals surface area contributed by atoms with Crippen LogP contribution < -0.4 is 5.32 Å². The molecule has 1 aromatic carbocycles. The molecule has 0 saturated carbocycles. The number of nitrogens with zero attached hydrogens (tertiary/aromatic N) is 1. The molecule has 0 aliphatic carbocycles. The van der Waals surface area contributed by atoms with Gasteiger partial charge in [-0.3, -0.25) is 9.59 Å². The van der Waals surface area contributed by atoms with Gasteiger partial charge in [0.05, 0.1) is 5.41 Å². The van der Waals surface area contributed by atoms with E-state index in [9.17, 15) is 9.59 Å². The monoisotopic (exact) mass is 440 g/mol. The molecule has 2 amide bonds. The molecule has 2 unspecified atom stereocenters. The van der Waals surface area contributed by atoms with Crippen LogP contribution in [-0.2, 0) is 20.7 Å². The van der Waals surface area contributed by atoms with Gasteiger partial charge in [-0.25, -0.2) is 0 Å². The van der Waals surface area contributed by atoms with Crippen LogP contribution in [0.5, 0.6) is 0 Å². The molecule has 0 spiro atoms. The molecule has 2 aliphatic heterocycles. The molecule has 2 saturated heterocycles. The molecule has 2 aromatic rings. The van der Waals surface area contributed by atoms with Gasteiger partial charge in [0.15, 0.2) is 0 Å². The molecule has 31 heavy (non-hydrogen) atoms. The average Bonchev–Trinajstić information content (AvgIpc) is 3.45. The van der Waals surface area contributed by atoms with Gasteiger partial charge in [-0.1, -0.05) is 30.3 Å². The SMILES string of the molecule is CC(C)NC(=O)C1(Cc2ccc(-c3cccs3)cc2)CCN(C(=O)C2CCCCO2)C1. The highest BCUT2D eigenvalue weighted by atomic mass is 32.1. The lowest BCUT2D eigenvalue weighted by atomic mass is 9.79. The van der Waals surface area contributed by atoms with E-state index >= 15 is 0 Å². The van der Waals surface area contributed by atoms with Crippen LogP contribution in [0, 0.1) is 5.41 Å². The first-order chi connectivity index (χ1) is 15.0. The second kappa shape index (κ2) is 9.53. The summed E-state index contributed by atoms with van der Waals surface area (Å²) in [7, 11) is 0. The first kappa shape index (κ1) is 22.0. The van der Waals surface area contributed by atoms with E-state index in [4.69, 9.17) is 4.74 Å². The van der Waals surface area contributed by atoms with Gasteiger partial charge >= 0.3 is 0 Å². The number of hydrogen-bond donors (Lipinski definition) is 1. The number of benzene rings is 1. The Balaban J connectivity index is 1.51. The topological polar surface area (TPSA) is 58.6 Å². The number of amides is 2. The van der Waals surface area contributed by atoms with E-state index < -0.39 is 5.41 Å². The van der Waals surface area contributed by atoms with Crippen molar-refractivity contribution in [1.29, 1.82) is 0 Å². The van der Waals surface area contributed by atoms with Gasteiger partial charge < -0.3 is 15.0 Å². The Morgan fingerprint density at radius 3 is 2.68 bits per heavy atom. The highest BCUT2D eigenvalue weighted by molar-refractivity contribution is 7.13. The number of likely N-dealkylation sites (tertiary alicyclic amines) is 1. The van der Waals surface area contributed by atoms with Crippen LogP contribution in [0.25, 0.3) is 10.4 Å². The molecule has 3 heterocycles. The quantitative estimate of drug-likeness (QED) is 0.730. The van der Waals surface area contributed by atoms with Gasteiger partial charge in [0.1, 0.15) is 6.10 Å². The van der Waals surface area contributed by atoms with E-state index in [1.165, 1.54) is 10.4 Å². The highest BCUT2D eigenvalue weighted by Crippen LogP contribution is 2.36. The highest BCUT2D eigenvalue weighted by Gasteiger charge is 2.47. The standard InChI is InChI=1S/C25H32N2O3S/c1-18(2)26-24(29)25(12-13-27(17-25)23(28)21-6-3-4-14-30-21)16-19-8-10-20(11-9-19)22-7-5-15-31-22/h5,7-11,15,18,21H,3-4,6,12-14,16-17H2,1-2H3,(H,26,29). The van der Waals surface area contributed by atoms with Crippen molar-refractivity contribution in [3.05, 3.63) is 47.3 Å². The largest absolute Gasteiger partial charge is 0.368 e. The van der Waals surface area contributed by atoms with Crippen LogP contribution in [-0.4, -0.2) is 48.6 Å². The van der Waals surface area contributed by atoms with E-state index in [-0.39, 0.29) is 24.0 Å². The number of rotatable bonds is 6. The number of thiophene rings is 1. The summed E-state index contributed by atoms with van der Waals surface area (Å²) >= 11 is 1.72. The molecular weight excluding hydrogens is 408 g/mol. The predicted molar refractivity (Wildman–Crippen MR) is 124 cm³/mol. The Morgan fingerprint density at radius 2 is 2.03 bits per heavy atom. The molecule has 0 radical (unpaired) electrons. The van der Waals surface area contributed by atoms with E-state index in [1.54, 1.807) is 11.3 Å². The van der Waals surface area contributed by atoms with Gasteiger partial charge in [0.2, 0.25) is 5.91 Å². The summed E-state index contributed by atoms with van der Waals surface area (Å²) in [5, 5.41) is 5.19. The number of carbonyl (C=O) groups excluding carboxylic acids is 2. The van der Waals surface area contributed by atoms with Crippen molar-refractivity contribution < 1.29 is 14.3 Å². The number of ether oxygens (including phenoxy) is 1. The van der Waals surface area contributed by atoms with Gasteiger partial charge in [-0.15, -0.1) is 11.3 Å². The number of hydrogen-bond acceptors (Lipinski definition) is 4. The molecule has 2 fully saturated rings. The van der Waals surface area contributed by atoms with Gasteiger partial charge in [0.25, 0.3) is 5.91 Å². The summed E-state index contributed by atoms with van der Waals surface area (Å²) < 4.78 is 5.72. The van der Waals surface area contributed by atoms with Crippen LogP contribution in [0.1, 0.15) is 45.1 Å². The zero-order valence-electron chi connectivity index (χ0n) is 18.4. The summed E-state index contributed by atoms with van der Waals surface area (Å²) in [6.07, 6.45) is 3.79. The van der Waals surface area contributed by atoms with Crippen molar-refractivity contribution in [3.63, 3.8) is 0 Å². The summed E-state index contributed by atoms with van der Waals surface area (Å²) in [5.41, 5.74) is 1.72. The molecule has 1 N–H and O–H groups in total. The first-order valence-electron chi connectivity index (χ1n) is 11.3. The van der Waals surface area contributed by atoms with Crippen molar-refractivity contribution in [2.24, 2.45) is 5.41 Å². The smallest absolute Gasteiger partial charge is 0.251 e. The maximum Gasteiger partial charge on any atom is 0.251 e. The summed E-state index contributed by atoms with van der Waals surface area (Å²) in [6.45, 7) is 5.68. The fourth-order valence-corrected chi connectivity index (χ4v) is 5.38. The normalized spacial score (nSPS) is 23.8. The fourth-order valence-electron chi connectivity index (χ4n) is 4.65. The lowest BCUT2D eigenvalue weighted by molar-refractivity contribution is -0.146. The van der Waals surface area contributed by atoms with Gasteiger partial charge in [0, 0.05) is 30.6 Å². The molecular formula is C25H32N2O3S. The molecule has 166 valence electrons. The number of carbonyl (C=O) groups is 2.